The molecule has 84 valence electrons. The topological polar surface area (TPSA) is 33.4 Å². The number of thioether (sulfide) groups is 1. The predicted octanol–water partition coefficient (Wildman–Crippen LogP) is 3.30. The van der Waals surface area contributed by atoms with E-state index in [4.69, 9.17) is 4.42 Å². The van der Waals surface area contributed by atoms with Crippen molar-refractivity contribution < 1.29 is 9.52 Å². The fraction of sp³-hybridized carbons (Fsp3) is 0.231. The van der Waals surface area contributed by atoms with Crippen LogP contribution in [0.2, 0.25) is 0 Å². The van der Waals surface area contributed by atoms with Crippen molar-refractivity contribution in [3.8, 4) is 11.3 Å². The molecule has 3 heteroatoms. The van der Waals surface area contributed by atoms with E-state index in [1.54, 1.807) is 11.8 Å². The first-order valence-electron chi connectivity index (χ1n) is 5.12. The van der Waals surface area contributed by atoms with Crippen LogP contribution in [0.3, 0.4) is 0 Å². The van der Waals surface area contributed by atoms with Crippen molar-refractivity contribution >= 4 is 11.8 Å². The lowest BCUT2D eigenvalue weighted by Crippen LogP contribution is -1.84. The molecule has 1 aromatic heterocycles. The van der Waals surface area contributed by atoms with Crippen LogP contribution in [0.25, 0.3) is 11.3 Å². The van der Waals surface area contributed by atoms with E-state index in [1.165, 1.54) is 0 Å². The van der Waals surface area contributed by atoms with Crippen molar-refractivity contribution in [1.29, 1.82) is 0 Å². The SMILES string of the molecule is CSCc1oc(-c2ccccc2)cc1CO. The highest BCUT2D eigenvalue weighted by molar-refractivity contribution is 7.97. The first-order valence-corrected chi connectivity index (χ1v) is 6.51. The van der Waals surface area contributed by atoms with Gasteiger partial charge in [0, 0.05) is 11.1 Å². The summed E-state index contributed by atoms with van der Waals surface area (Å²) >= 11 is 1.69. The molecule has 0 bridgehead atoms. The number of furan rings is 1. The van der Waals surface area contributed by atoms with Gasteiger partial charge < -0.3 is 9.52 Å². The fourth-order valence-corrected chi connectivity index (χ4v) is 2.10. The van der Waals surface area contributed by atoms with Crippen molar-refractivity contribution in [2.24, 2.45) is 0 Å². The zero-order valence-corrected chi connectivity index (χ0v) is 9.96. The second kappa shape index (κ2) is 5.23. The number of aliphatic hydroxyl groups excluding tert-OH is 1. The highest BCUT2D eigenvalue weighted by Gasteiger charge is 2.10. The highest BCUT2D eigenvalue weighted by Crippen LogP contribution is 2.27. The molecule has 1 heterocycles. The lowest BCUT2D eigenvalue weighted by molar-refractivity contribution is 0.279. The van der Waals surface area contributed by atoms with Gasteiger partial charge in [-0.25, -0.2) is 0 Å². The number of aliphatic hydroxyl groups is 1. The van der Waals surface area contributed by atoms with Gasteiger partial charge in [-0.05, 0) is 12.3 Å². The summed E-state index contributed by atoms with van der Waals surface area (Å²) in [5.41, 5.74) is 1.93. The van der Waals surface area contributed by atoms with Gasteiger partial charge in [0.05, 0.1) is 12.4 Å². The first kappa shape index (κ1) is 11.3. The maximum Gasteiger partial charge on any atom is 0.134 e. The van der Waals surface area contributed by atoms with Crippen LogP contribution in [0.4, 0.5) is 0 Å². The molecule has 0 amide bonds. The van der Waals surface area contributed by atoms with Crippen LogP contribution in [-0.2, 0) is 12.4 Å². The summed E-state index contributed by atoms with van der Waals surface area (Å²) < 4.78 is 5.75. The summed E-state index contributed by atoms with van der Waals surface area (Å²) in [7, 11) is 0. The monoisotopic (exact) mass is 234 g/mol. The largest absolute Gasteiger partial charge is 0.460 e. The molecule has 0 fully saturated rings. The summed E-state index contributed by atoms with van der Waals surface area (Å²) in [6, 6.07) is 11.9. The second-order valence-corrected chi connectivity index (χ2v) is 4.38. The minimum atomic E-state index is 0.0340. The maximum atomic E-state index is 9.24. The van der Waals surface area contributed by atoms with Gasteiger partial charge in [0.2, 0.25) is 0 Å². The van der Waals surface area contributed by atoms with Gasteiger partial charge in [0.25, 0.3) is 0 Å². The number of rotatable bonds is 4. The molecule has 0 aliphatic heterocycles. The molecule has 0 saturated carbocycles. The first-order chi connectivity index (χ1) is 7.85. The second-order valence-electron chi connectivity index (χ2n) is 3.52. The van der Waals surface area contributed by atoms with Gasteiger partial charge in [0.1, 0.15) is 11.5 Å². The van der Waals surface area contributed by atoms with Crippen LogP contribution >= 0.6 is 11.8 Å². The van der Waals surface area contributed by atoms with E-state index < -0.39 is 0 Å². The molecule has 0 saturated heterocycles. The molecule has 0 aliphatic carbocycles. The molecule has 2 aromatic rings. The maximum absolute atomic E-state index is 9.24. The minimum absolute atomic E-state index is 0.0340. The van der Waals surface area contributed by atoms with Crippen molar-refractivity contribution in [2.75, 3.05) is 6.26 Å². The molecule has 16 heavy (non-hydrogen) atoms. The zero-order valence-electron chi connectivity index (χ0n) is 9.14. The molecule has 1 aromatic carbocycles. The molecule has 2 rings (SSSR count). The van der Waals surface area contributed by atoms with E-state index in [2.05, 4.69) is 0 Å². The van der Waals surface area contributed by atoms with Crippen LogP contribution in [0.1, 0.15) is 11.3 Å². The normalized spacial score (nSPS) is 10.6. The molecule has 0 spiro atoms. The summed E-state index contributed by atoms with van der Waals surface area (Å²) in [6.45, 7) is 0.0340. The lowest BCUT2D eigenvalue weighted by Gasteiger charge is -1.96. The van der Waals surface area contributed by atoms with E-state index >= 15 is 0 Å². The van der Waals surface area contributed by atoms with E-state index in [0.717, 1.165) is 28.4 Å². The van der Waals surface area contributed by atoms with Gasteiger partial charge >= 0.3 is 0 Å². The van der Waals surface area contributed by atoms with Crippen LogP contribution in [0.5, 0.6) is 0 Å². The third-order valence-corrected chi connectivity index (χ3v) is 2.95. The standard InChI is InChI=1S/C13H14O2S/c1-16-9-13-11(8-14)7-12(15-13)10-5-3-2-4-6-10/h2-7,14H,8-9H2,1H3. The Morgan fingerprint density at radius 3 is 2.62 bits per heavy atom. The van der Waals surface area contributed by atoms with Gasteiger partial charge in [-0.15, -0.1) is 0 Å². The van der Waals surface area contributed by atoms with Crippen LogP contribution in [-0.4, -0.2) is 11.4 Å². The number of hydrogen-bond donors (Lipinski definition) is 1. The van der Waals surface area contributed by atoms with Gasteiger partial charge in [0.15, 0.2) is 0 Å². The third kappa shape index (κ3) is 2.31. The van der Waals surface area contributed by atoms with Gasteiger partial charge in [-0.1, -0.05) is 30.3 Å². The Labute approximate surface area is 99.3 Å². The molecular weight excluding hydrogens is 220 g/mol. The highest BCUT2D eigenvalue weighted by atomic mass is 32.2. The Morgan fingerprint density at radius 2 is 2.00 bits per heavy atom. The Balaban J connectivity index is 2.36. The fourth-order valence-electron chi connectivity index (χ4n) is 1.60. The van der Waals surface area contributed by atoms with Crippen molar-refractivity contribution in [2.45, 2.75) is 12.4 Å². The molecular formula is C13H14O2S. The van der Waals surface area contributed by atoms with E-state index in [9.17, 15) is 5.11 Å². The number of hydrogen-bond acceptors (Lipinski definition) is 3. The molecule has 2 nitrogen and oxygen atoms in total. The Hall–Kier alpha value is -1.19. The van der Waals surface area contributed by atoms with Gasteiger partial charge in [-0.3, -0.25) is 0 Å². The van der Waals surface area contributed by atoms with E-state index in [-0.39, 0.29) is 6.61 Å². The number of benzene rings is 1. The zero-order chi connectivity index (χ0) is 11.4. The van der Waals surface area contributed by atoms with Crippen molar-refractivity contribution in [3.63, 3.8) is 0 Å². The predicted molar refractivity (Wildman–Crippen MR) is 67.3 cm³/mol. The Bertz CT molecular complexity index is 448. The summed E-state index contributed by atoms with van der Waals surface area (Å²) in [4.78, 5) is 0. The summed E-state index contributed by atoms with van der Waals surface area (Å²) in [5.74, 6) is 2.49. The van der Waals surface area contributed by atoms with Crippen LogP contribution < -0.4 is 0 Å². The van der Waals surface area contributed by atoms with Crippen molar-refractivity contribution in [1.82, 2.24) is 0 Å². The molecule has 0 unspecified atom stereocenters. The summed E-state index contributed by atoms with van der Waals surface area (Å²) in [5, 5.41) is 9.24. The quantitative estimate of drug-likeness (QED) is 0.881. The van der Waals surface area contributed by atoms with Crippen LogP contribution in [0, 0.1) is 0 Å². The Kier molecular flexibility index (Phi) is 3.70. The molecule has 0 radical (unpaired) electrons. The van der Waals surface area contributed by atoms with Crippen LogP contribution in [0.15, 0.2) is 40.8 Å². The minimum Gasteiger partial charge on any atom is -0.460 e. The smallest absolute Gasteiger partial charge is 0.134 e. The average Bonchev–Trinajstić information content (AvgIpc) is 2.74. The Morgan fingerprint density at radius 1 is 1.25 bits per heavy atom. The van der Waals surface area contributed by atoms with E-state index in [0.29, 0.717) is 0 Å². The lowest BCUT2D eigenvalue weighted by atomic mass is 10.1. The molecule has 0 aliphatic rings. The molecule has 1 N–H and O–H groups in total. The van der Waals surface area contributed by atoms with Gasteiger partial charge in [-0.2, -0.15) is 11.8 Å². The van der Waals surface area contributed by atoms with E-state index in [1.807, 2.05) is 42.7 Å². The summed E-state index contributed by atoms with van der Waals surface area (Å²) in [6.07, 6.45) is 2.02. The third-order valence-electron chi connectivity index (χ3n) is 2.40. The molecule has 0 atom stereocenters. The average molecular weight is 234 g/mol. The van der Waals surface area contributed by atoms with Crippen molar-refractivity contribution in [3.05, 3.63) is 47.7 Å².